The van der Waals surface area contributed by atoms with Gasteiger partial charge in [0.2, 0.25) is 0 Å². The van der Waals surface area contributed by atoms with Gasteiger partial charge in [-0.3, -0.25) is 10.1 Å². The molecule has 0 saturated heterocycles. The summed E-state index contributed by atoms with van der Waals surface area (Å²) in [7, 11) is 0. The second-order valence-electron chi connectivity index (χ2n) is 3.98. The molecule has 0 spiro atoms. The van der Waals surface area contributed by atoms with Crippen LogP contribution in [0.5, 0.6) is 0 Å². The van der Waals surface area contributed by atoms with E-state index in [1.807, 2.05) is 16.8 Å². The lowest BCUT2D eigenvalue weighted by Gasteiger charge is -1.98. The lowest BCUT2D eigenvalue weighted by atomic mass is 10.2. The quantitative estimate of drug-likeness (QED) is 0.785. The predicted molar refractivity (Wildman–Crippen MR) is 79.8 cm³/mol. The van der Waals surface area contributed by atoms with Crippen molar-refractivity contribution in [2.45, 2.75) is 0 Å². The van der Waals surface area contributed by atoms with Crippen molar-refractivity contribution in [3.8, 4) is 11.3 Å². The number of anilines is 1. The second kappa shape index (κ2) is 5.52. The Morgan fingerprint density at radius 1 is 1.15 bits per heavy atom. The molecular weight excluding hydrogens is 295 g/mol. The Kier molecular flexibility index (Phi) is 3.58. The molecule has 0 aliphatic carbocycles. The average Bonchev–Trinajstić information content (AvgIpc) is 3.10. The summed E-state index contributed by atoms with van der Waals surface area (Å²) in [6.45, 7) is 0. The minimum atomic E-state index is -0.282. The molecule has 3 rings (SSSR count). The fourth-order valence-corrected chi connectivity index (χ4v) is 2.98. The number of hydrogen-bond acceptors (Lipinski definition) is 4. The highest BCUT2D eigenvalue weighted by Crippen LogP contribution is 2.25. The zero-order valence-electron chi connectivity index (χ0n) is 10.2. The van der Waals surface area contributed by atoms with Gasteiger partial charge in [0.1, 0.15) is 5.82 Å². The monoisotopic (exact) mass is 304 g/mol. The normalized spacial score (nSPS) is 10.4. The van der Waals surface area contributed by atoms with Crippen LogP contribution in [0.4, 0.5) is 9.52 Å². The Hall–Kier alpha value is -2.05. The van der Waals surface area contributed by atoms with Gasteiger partial charge in [0.25, 0.3) is 5.91 Å². The highest BCUT2D eigenvalue weighted by molar-refractivity contribution is 7.14. The Labute approximate surface area is 122 Å². The highest BCUT2D eigenvalue weighted by atomic mass is 32.1. The molecule has 100 valence electrons. The van der Waals surface area contributed by atoms with Gasteiger partial charge in [-0.2, -0.15) is 0 Å². The third-order valence-electron chi connectivity index (χ3n) is 2.61. The lowest BCUT2D eigenvalue weighted by Crippen LogP contribution is -2.09. The molecule has 1 aromatic carbocycles. The smallest absolute Gasteiger partial charge is 0.267 e. The van der Waals surface area contributed by atoms with Gasteiger partial charge in [-0.25, -0.2) is 9.37 Å². The number of hydrogen-bond donors (Lipinski definition) is 1. The minimum absolute atomic E-state index is 0.167. The summed E-state index contributed by atoms with van der Waals surface area (Å²) in [5, 5.41) is 6.96. The third-order valence-corrected chi connectivity index (χ3v) is 4.24. The van der Waals surface area contributed by atoms with Crippen LogP contribution in [0, 0.1) is 5.82 Å². The van der Waals surface area contributed by atoms with E-state index >= 15 is 0 Å². The van der Waals surface area contributed by atoms with Crippen LogP contribution in [-0.2, 0) is 0 Å². The van der Waals surface area contributed by atoms with Crippen molar-refractivity contribution < 1.29 is 9.18 Å². The number of nitrogens with zero attached hydrogens (tertiary/aromatic N) is 1. The first-order chi connectivity index (χ1) is 9.72. The summed E-state index contributed by atoms with van der Waals surface area (Å²) in [5.74, 6) is -0.449. The van der Waals surface area contributed by atoms with Gasteiger partial charge in [-0.05, 0) is 35.7 Å². The van der Waals surface area contributed by atoms with Crippen LogP contribution >= 0.6 is 22.7 Å². The molecule has 1 amide bonds. The number of thiazole rings is 1. The van der Waals surface area contributed by atoms with Crippen molar-refractivity contribution in [2.24, 2.45) is 0 Å². The molecular formula is C14H9FN2OS2. The Balaban J connectivity index is 1.77. The first-order valence-electron chi connectivity index (χ1n) is 5.79. The van der Waals surface area contributed by atoms with Crippen LogP contribution in [0.1, 0.15) is 9.67 Å². The third kappa shape index (κ3) is 2.76. The largest absolute Gasteiger partial charge is 0.297 e. The lowest BCUT2D eigenvalue weighted by molar-refractivity contribution is 0.103. The van der Waals surface area contributed by atoms with Gasteiger partial charge >= 0.3 is 0 Å². The summed E-state index contributed by atoms with van der Waals surface area (Å²) < 4.78 is 12.9. The van der Waals surface area contributed by atoms with E-state index in [1.54, 1.807) is 18.2 Å². The zero-order chi connectivity index (χ0) is 13.9. The Bertz CT molecular complexity index is 720. The van der Waals surface area contributed by atoms with Crippen LogP contribution in [0.25, 0.3) is 11.3 Å². The second-order valence-corrected chi connectivity index (χ2v) is 5.78. The van der Waals surface area contributed by atoms with E-state index in [9.17, 15) is 9.18 Å². The fraction of sp³-hybridized carbons (Fsp3) is 0. The highest BCUT2D eigenvalue weighted by Gasteiger charge is 2.10. The van der Waals surface area contributed by atoms with Crippen molar-refractivity contribution in [2.75, 3.05) is 5.32 Å². The van der Waals surface area contributed by atoms with Gasteiger partial charge in [0, 0.05) is 10.9 Å². The van der Waals surface area contributed by atoms with Crippen LogP contribution in [0.3, 0.4) is 0 Å². The topological polar surface area (TPSA) is 42.0 Å². The van der Waals surface area contributed by atoms with E-state index in [0.29, 0.717) is 10.0 Å². The van der Waals surface area contributed by atoms with Gasteiger partial charge in [0.15, 0.2) is 5.13 Å². The molecule has 0 saturated carbocycles. The first kappa shape index (κ1) is 13.0. The van der Waals surface area contributed by atoms with Crippen molar-refractivity contribution in [3.63, 3.8) is 0 Å². The maximum absolute atomic E-state index is 12.9. The molecule has 0 aliphatic rings. The Morgan fingerprint density at radius 3 is 2.65 bits per heavy atom. The Morgan fingerprint density at radius 2 is 1.95 bits per heavy atom. The number of nitrogens with one attached hydrogen (secondary N) is 1. The average molecular weight is 304 g/mol. The molecule has 0 fully saturated rings. The van der Waals surface area contributed by atoms with E-state index < -0.39 is 0 Å². The molecule has 1 N–H and O–H groups in total. The number of carbonyl (C=O) groups excluding carboxylic acids is 1. The van der Waals surface area contributed by atoms with Crippen molar-refractivity contribution in [1.82, 2.24) is 4.98 Å². The number of thiophene rings is 1. The van der Waals surface area contributed by atoms with Crippen molar-refractivity contribution in [1.29, 1.82) is 0 Å². The van der Waals surface area contributed by atoms with Crippen LogP contribution in [0.15, 0.2) is 47.2 Å². The summed E-state index contributed by atoms with van der Waals surface area (Å²) in [4.78, 5) is 16.9. The van der Waals surface area contributed by atoms with Crippen LogP contribution < -0.4 is 5.32 Å². The van der Waals surface area contributed by atoms with E-state index in [1.165, 1.54) is 34.8 Å². The van der Waals surface area contributed by atoms with Gasteiger partial charge < -0.3 is 0 Å². The van der Waals surface area contributed by atoms with Gasteiger partial charge in [-0.1, -0.05) is 6.07 Å². The number of halogens is 1. The standard InChI is InChI=1S/C14H9FN2OS2/c15-10-5-3-9(4-6-10)11-8-20-14(16-11)17-13(18)12-2-1-7-19-12/h1-8H,(H,16,17,18). The maximum atomic E-state index is 12.9. The molecule has 0 unspecified atom stereocenters. The zero-order valence-corrected chi connectivity index (χ0v) is 11.8. The molecule has 20 heavy (non-hydrogen) atoms. The number of aromatic nitrogens is 1. The number of amides is 1. The van der Waals surface area contributed by atoms with Crippen molar-refractivity contribution in [3.05, 3.63) is 57.9 Å². The summed E-state index contributed by atoms with van der Waals surface area (Å²) in [5.41, 5.74) is 1.54. The SMILES string of the molecule is O=C(Nc1nc(-c2ccc(F)cc2)cs1)c1cccs1. The minimum Gasteiger partial charge on any atom is -0.297 e. The van der Waals surface area contributed by atoms with Crippen molar-refractivity contribution >= 4 is 33.7 Å². The van der Waals surface area contributed by atoms with E-state index in [-0.39, 0.29) is 11.7 Å². The summed E-state index contributed by atoms with van der Waals surface area (Å²) in [6.07, 6.45) is 0. The maximum Gasteiger partial charge on any atom is 0.267 e. The molecule has 0 radical (unpaired) electrons. The molecule has 0 bridgehead atoms. The molecule has 0 atom stereocenters. The van der Waals surface area contributed by atoms with Crippen LogP contribution in [-0.4, -0.2) is 10.9 Å². The number of benzene rings is 1. The molecule has 6 heteroatoms. The number of carbonyl (C=O) groups is 1. The molecule has 2 heterocycles. The van der Waals surface area contributed by atoms with E-state index in [4.69, 9.17) is 0 Å². The number of rotatable bonds is 3. The molecule has 2 aromatic heterocycles. The summed E-state index contributed by atoms with van der Waals surface area (Å²) in [6, 6.07) is 9.68. The molecule has 3 nitrogen and oxygen atoms in total. The van der Waals surface area contributed by atoms with Crippen LogP contribution in [0.2, 0.25) is 0 Å². The van der Waals surface area contributed by atoms with Gasteiger partial charge in [0.05, 0.1) is 10.6 Å². The molecule has 0 aliphatic heterocycles. The first-order valence-corrected chi connectivity index (χ1v) is 7.54. The van der Waals surface area contributed by atoms with E-state index in [0.717, 1.165) is 11.3 Å². The predicted octanol–water partition coefficient (Wildman–Crippen LogP) is 4.26. The fourth-order valence-electron chi connectivity index (χ4n) is 1.65. The van der Waals surface area contributed by atoms with Gasteiger partial charge in [-0.15, -0.1) is 22.7 Å². The molecule has 3 aromatic rings. The summed E-state index contributed by atoms with van der Waals surface area (Å²) >= 11 is 2.72. The van der Waals surface area contributed by atoms with E-state index in [2.05, 4.69) is 10.3 Å².